The van der Waals surface area contributed by atoms with Crippen molar-refractivity contribution >= 4 is 0 Å². The lowest BCUT2D eigenvalue weighted by Crippen LogP contribution is -2.49. The predicted molar refractivity (Wildman–Crippen MR) is 83.0 cm³/mol. The number of ether oxygens (including phenoxy) is 2. The Bertz CT molecular complexity index is 277. The molecule has 0 aromatic heterocycles. The minimum atomic E-state index is 0.0713. The molecule has 118 valence electrons. The first kappa shape index (κ1) is 16.3. The minimum Gasteiger partial charge on any atom is -0.375 e. The van der Waals surface area contributed by atoms with Gasteiger partial charge < -0.3 is 14.8 Å². The molecule has 1 aliphatic heterocycles. The molecule has 0 aromatic rings. The predicted octanol–water partition coefficient (Wildman–Crippen LogP) is 3.52. The van der Waals surface area contributed by atoms with Gasteiger partial charge in [0.05, 0.1) is 23.9 Å². The van der Waals surface area contributed by atoms with E-state index in [4.69, 9.17) is 9.47 Å². The van der Waals surface area contributed by atoms with E-state index >= 15 is 0 Å². The standard InChI is InChI=1S/C17H33NO2/c1-5-15-6-8-17(9-7-15,12-18-4)20-16-10-13(2)19-14(3)11-16/h13-16,18H,5-12H2,1-4H3. The van der Waals surface area contributed by atoms with E-state index in [0.717, 1.165) is 25.3 Å². The molecule has 0 bridgehead atoms. The van der Waals surface area contributed by atoms with Crippen LogP contribution in [0.2, 0.25) is 0 Å². The monoisotopic (exact) mass is 283 g/mol. The second-order valence-corrected chi connectivity index (χ2v) is 7.03. The normalized spacial score (nSPS) is 42.6. The zero-order valence-electron chi connectivity index (χ0n) is 13.8. The number of nitrogens with one attached hydrogen (secondary N) is 1. The van der Waals surface area contributed by atoms with Gasteiger partial charge in [-0.15, -0.1) is 0 Å². The van der Waals surface area contributed by atoms with Crippen molar-refractivity contribution in [3.8, 4) is 0 Å². The third-order valence-corrected chi connectivity index (χ3v) is 5.16. The highest BCUT2D eigenvalue weighted by atomic mass is 16.5. The molecule has 1 aliphatic carbocycles. The van der Waals surface area contributed by atoms with Crippen LogP contribution in [0.4, 0.5) is 0 Å². The summed E-state index contributed by atoms with van der Waals surface area (Å²) >= 11 is 0. The summed E-state index contributed by atoms with van der Waals surface area (Å²) in [6.07, 6.45) is 9.55. The third kappa shape index (κ3) is 4.19. The van der Waals surface area contributed by atoms with Crippen molar-refractivity contribution < 1.29 is 9.47 Å². The molecule has 2 fully saturated rings. The SMILES string of the molecule is CCC1CCC(CNC)(OC2CC(C)OC(C)C2)CC1. The molecule has 3 heteroatoms. The molecule has 2 atom stereocenters. The Kier molecular flexibility index (Phi) is 5.88. The second kappa shape index (κ2) is 7.24. The van der Waals surface area contributed by atoms with Crippen LogP contribution in [0.15, 0.2) is 0 Å². The highest BCUT2D eigenvalue weighted by Gasteiger charge is 2.39. The molecule has 2 unspecified atom stereocenters. The highest BCUT2D eigenvalue weighted by molar-refractivity contribution is 4.91. The molecule has 0 radical (unpaired) electrons. The Morgan fingerprint density at radius 3 is 2.25 bits per heavy atom. The molecule has 3 nitrogen and oxygen atoms in total. The number of hydrogen-bond acceptors (Lipinski definition) is 3. The Morgan fingerprint density at radius 1 is 1.15 bits per heavy atom. The fourth-order valence-electron chi connectivity index (χ4n) is 4.06. The van der Waals surface area contributed by atoms with Crippen molar-refractivity contribution in [2.45, 2.75) is 89.6 Å². The Balaban J connectivity index is 1.95. The van der Waals surface area contributed by atoms with E-state index in [1.807, 2.05) is 7.05 Å². The van der Waals surface area contributed by atoms with Crippen LogP contribution in [-0.4, -0.2) is 37.5 Å². The topological polar surface area (TPSA) is 30.5 Å². The van der Waals surface area contributed by atoms with Crippen LogP contribution in [0.25, 0.3) is 0 Å². The molecule has 0 aromatic carbocycles. The summed E-state index contributed by atoms with van der Waals surface area (Å²) < 4.78 is 12.5. The van der Waals surface area contributed by atoms with Crippen LogP contribution >= 0.6 is 0 Å². The van der Waals surface area contributed by atoms with Crippen LogP contribution in [0.1, 0.15) is 65.7 Å². The molecule has 1 N–H and O–H groups in total. The van der Waals surface area contributed by atoms with E-state index in [1.165, 1.54) is 32.1 Å². The molecule has 1 saturated carbocycles. The van der Waals surface area contributed by atoms with Gasteiger partial charge in [-0.2, -0.15) is 0 Å². The van der Waals surface area contributed by atoms with Crippen molar-refractivity contribution in [2.75, 3.05) is 13.6 Å². The van der Waals surface area contributed by atoms with Crippen LogP contribution < -0.4 is 5.32 Å². The van der Waals surface area contributed by atoms with Gasteiger partial charge >= 0.3 is 0 Å². The Labute approximate surface area is 124 Å². The van der Waals surface area contributed by atoms with Gasteiger partial charge in [-0.1, -0.05) is 13.3 Å². The molecule has 2 rings (SSSR count). The average molecular weight is 283 g/mol. The van der Waals surface area contributed by atoms with E-state index in [0.29, 0.717) is 18.3 Å². The highest BCUT2D eigenvalue weighted by Crippen LogP contribution is 2.38. The van der Waals surface area contributed by atoms with Crippen LogP contribution in [0.3, 0.4) is 0 Å². The smallest absolute Gasteiger partial charge is 0.0810 e. The van der Waals surface area contributed by atoms with Gasteiger partial charge in [-0.05, 0) is 65.3 Å². The first-order chi connectivity index (χ1) is 9.57. The van der Waals surface area contributed by atoms with Gasteiger partial charge in [-0.25, -0.2) is 0 Å². The van der Waals surface area contributed by atoms with Gasteiger partial charge in [0.15, 0.2) is 0 Å². The molecule has 2 aliphatic rings. The maximum absolute atomic E-state index is 6.65. The molecule has 1 saturated heterocycles. The van der Waals surface area contributed by atoms with Crippen molar-refractivity contribution in [3.05, 3.63) is 0 Å². The summed E-state index contributed by atoms with van der Waals surface area (Å²) in [6, 6.07) is 0. The fourth-order valence-corrected chi connectivity index (χ4v) is 4.06. The lowest BCUT2D eigenvalue weighted by molar-refractivity contribution is -0.169. The summed E-state index contributed by atoms with van der Waals surface area (Å²) in [5, 5.41) is 3.37. The quantitative estimate of drug-likeness (QED) is 0.837. The minimum absolute atomic E-state index is 0.0713. The lowest BCUT2D eigenvalue weighted by atomic mass is 9.77. The van der Waals surface area contributed by atoms with Crippen molar-refractivity contribution in [1.82, 2.24) is 5.32 Å². The first-order valence-corrected chi connectivity index (χ1v) is 8.54. The van der Waals surface area contributed by atoms with Gasteiger partial charge in [0.25, 0.3) is 0 Å². The average Bonchev–Trinajstić information content (AvgIpc) is 2.38. The molecule has 0 spiro atoms. The second-order valence-electron chi connectivity index (χ2n) is 7.03. The van der Waals surface area contributed by atoms with Crippen molar-refractivity contribution in [2.24, 2.45) is 5.92 Å². The molecule has 1 heterocycles. The summed E-state index contributed by atoms with van der Waals surface area (Å²) in [6.45, 7) is 7.65. The van der Waals surface area contributed by atoms with Gasteiger partial charge in [0.1, 0.15) is 0 Å². The largest absolute Gasteiger partial charge is 0.375 e. The Hall–Kier alpha value is -0.120. The maximum Gasteiger partial charge on any atom is 0.0810 e. The fraction of sp³-hybridized carbons (Fsp3) is 1.00. The van der Waals surface area contributed by atoms with E-state index in [1.54, 1.807) is 0 Å². The van der Waals surface area contributed by atoms with Crippen LogP contribution in [0.5, 0.6) is 0 Å². The van der Waals surface area contributed by atoms with Crippen LogP contribution in [0, 0.1) is 5.92 Å². The zero-order chi connectivity index (χ0) is 14.6. The number of hydrogen-bond donors (Lipinski definition) is 1. The third-order valence-electron chi connectivity index (χ3n) is 5.16. The number of likely N-dealkylation sites (N-methyl/N-ethyl adjacent to an activating group) is 1. The van der Waals surface area contributed by atoms with E-state index < -0.39 is 0 Å². The van der Waals surface area contributed by atoms with Crippen LogP contribution in [-0.2, 0) is 9.47 Å². The van der Waals surface area contributed by atoms with Gasteiger partial charge in [0.2, 0.25) is 0 Å². The molecule has 0 amide bonds. The van der Waals surface area contributed by atoms with E-state index in [2.05, 4.69) is 26.1 Å². The summed E-state index contributed by atoms with van der Waals surface area (Å²) in [5.41, 5.74) is 0.0713. The van der Waals surface area contributed by atoms with E-state index in [-0.39, 0.29) is 5.60 Å². The van der Waals surface area contributed by atoms with Crippen molar-refractivity contribution in [1.29, 1.82) is 0 Å². The maximum atomic E-state index is 6.65. The summed E-state index contributed by atoms with van der Waals surface area (Å²) in [4.78, 5) is 0. The molecular formula is C17H33NO2. The van der Waals surface area contributed by atoms with Gasteiger partial charge in [0, 0.05) is 6.54 Å². The first-order valence-electron chi connectivity index (χ1n) is 8.54. The molecular weight excluding hydrogens is 250 g/mol. The zero-order valence-corrected chi connectivity index (χ0v) is 13.8. The van der Waals surface area contributed by atoms with E-state index in [9.17, 15) is 0 Å². The Morgan fingerprint density at radius 2 is 1.75 bits per heavy atom. The van der Waals surface area contributed by atoms with Gasteiger partial charge in [-0.3, -0.25) is 0 Å². The van der Waals surface area contributed by atoms with Crippen molar-refractivity contribution in [3.63, 3.8) is 0 Å². The molecule has 20 heavy (non-hydrogen) atoms. The number of rotatable bonds is 5. The summed E-state index contributed by atoms with van der Waals surface area (Å²) in [7, 11) is 2.05. The lowest BCUT2D eigenvalue weighted by Gasteiger charge is -2.44. The summed E-state index contributed by atoms with van der Waals surface area (Å²) in [5.74, 6) is 0.913.